The van der Waals surface area contributed by atoms with Gasteiger partial charge in [0.15, 0.2) is 29.0 Å². The average molecular weight is 296 g/mol. The highest BCUT2D eigenvalue weighted by atomic mass is 19.2. The van der Waals surface area contributed by atoms with Crippen LogP contribution >= 0.6 is 0 Å². The van der Waals surface area contributed by atoms with E-state index in [0.717, 1.165) is 6.08 Å². The molecule has 2 N–H and O–H groups in total. The SMILES string of the molecule is Nc1ccc(/C=C/c2c(F)c(F)c(N=O)c(F)c2F)cc1. The summed E-state index contributed by atoms with van der Waals surface area (Å²) < 4.78 is 53.9. The van der Waals surface area contributed by atoms with E-state index in [1.165, 1.54) is 6.08 Å². The topological polar surface area (TPSA) is 55.4 Å². The molecule has 0 spiro atoms. The molecule has 0 unspecified atom stereocenters. The predicted molar refractivity (Wildman–Crippen MR) is 71.5 cm³/mol. The number of nitrogen functional groups attached to an aromatic ring is 1. The second kappa shape index (κ2) is 5.74. The second-order valence-corrected chi connectivity index (χ2v) is 4.11. The molecule has 7 heteroatoms. The number of hydrogen-bond donors (Lipinski definition) is 1. The zero-order valence-corrected chi connectivity index (χ0v) is 10.4. The van der Waals surface area contributed by atoms with Crippen molar-refractivity contribution in [3.05, 3.63) is 63.6 Å². The fourth-order valence-corrected chi connectivity index (χ4v) is 1.65. The maximum Gasteiger partial charge on any atom is 0.191 e. The van der Waals surface area contributed by atoms with Crippen LogP contribution in [0.25, 0.3) is 12.2 Å². The summed E-state index contributed by atoms with van der Waals surface area (Å²) in [5.74, 6) is -7.04. The van der Waals surface area contributed by atoms with Crippen LogP contribution in [-0.2, 0) is 0 Å². The van der Waals surface area contributed by atoms with Crippen molar-refractivity contribution in [3.8, 4) is 0 Å². The minimum Gasteiger partial charge on any atom is -0.399 e. The molecule has 0 aromatic heterocycles. The molecule has 0 fully saturated rings. The molecule has 0 saturated carbocycles. The number of benzene rings is 2. The number of nitrogens with two attached hydrogens (primary N) is 1. The van der Waals surface area contributed by atoms with Gasteiger partial charge in [0.2, 0.25) is 0 Å². The lowest BCUT2D eigenvalue weighted by Crippen LogP contribution is -1.99. The Labute approximate surface area is 116 Å². The van der Waals surface area contributed by atoms with Crippen molar-refractivity contribution in [2.75, 3.05) is 5.73 Å². The molecule has 0 heterocycles. The van der Waals surface area contributed by atoms with Crippen LogP contribution < -0.4 is 5.73 Å². The highest BCUT2D eigenvalue weighted by Crippen LogP contribution is 2.31. The fraction of sp³-hybridized carbons (Fsp3) is 0. The van der Waals surface area contributed by atoms with Crippen molar-refractivity contribution in [1.82, 2.24) is 0 Å². The van der Waals surface area contributed by atoms with E-state index in [1.54, 1.807) is 24.3 Å². The molecule has 2 aromatic rings. The first-order chi connectivity index (χ1) is 9.95. The largest absolute Gasteiger partial charge is 0.399 e. The van der Waals surface area contributed by atoms with E-state index in [1.807, 2.05) is 5.18 Å². The van der Waals surface area contributed by atoms with Gasteiger partial charge in [-0.25, -0.2) is 17.6 Å². The standard InChI is InChI=1S/C14H8F4N2O/c15-10-9(6-3-7-1-4-8(19)5-2-7)11(16)13(18)14(20-21)12(10)17/h1-6H,19H2/b6-3+. The van der Waals surface area contributed by atoms with Gasteiger partial charge >= 0.3 is 0 Å². The number of halogens is 4. The van der Waals surface area contributed by atoms with Crippen LogP contribution in [0.2, 0.25) is 0 Å². The molecule has 3 nitrogen and oxygen atoms in total. The molecule has 0 bridgehead atoms. The Morgan fingerprint density at radius 2 is 1.38 bits per heavy atom. The summed E-state index contributed by atoms with van der Waals surface area (Å²) in [5, 5.41) is 1.94. The molecule has 0 aliphatic carbocycles. The van der Waals surface area contributed by atoms with Crippen LogP contribution in [0.15, 0.2) is 29.4 Å². The molecule has 0 aliphatic heterocycles. The first-order valence-electron chi connectivity index (χ1n) is 5.68. The highest BCUT2D eigenvalue weighted by molar-refractivity contribution is 5.71. The summed E-state index contributed by atoms with van der Waals surface area (Å²) >= 11 is 0. The molecule has 21 heavy (non-hydrogen) atoms. The number of rotatable bonds is 3. The van der Waals surface area contributed by atoms with E-state index in [-0.39, 0.29) is 0 Å². The summed E-state index contributed by atoms with van der Waals surface area (Å²) in [5.41, 5.74) is 4.02. The van der Waals surface area contributed by atoms with Crippen molar-refractivity contribution in [3.63, 3.8) is 0 Å². The zero-order chi connectivity index (χ0) is 15.6. The quantitative estimate of drug-likeness (QED) is 0.300. The number of hydrogen-bond acceptors (Lipinski definition) is 3. The van der Waals surface area contributed by atoms with E-state index < -0.39 is 34.5 Å². The first kappa shape index (κ1) is 14.7. The van der Waals surface area contributed by atoms with Crippen molar-refractivity contribution >= 4 is 23.5 Å². The molecule has 2 rings (SSSR count). The molecule has 0 saturated heterocycles. The lowest BCUT2D eigenvalue weighted by molar-refractivity contribution is 0.454. The minimum atomic E-state index is -1.83. The van der Waals surface area contributed by atoms with Gasteiger partial charge < -0.3 is 5.73 Å². The molecule has 0 atom stereocenters. The normalized spacial score (nSPS) is 11.0. The maximum atomic E-state index is 13.6. The van der Waals surface area contributed by atoms with Crippen LogP contribution in [0.5, 0.6) is 0 Å². The lowest BCUT2D eigenvalue weighted by Gasteiger charge is -2.04. The van der Waals surface area contributed by atoms with E-state index in [9.17, 15) is 22.5 Å². The van der Waals surface area contributed by atoms with Crippen molar-refractivity contribution in [2.24, 2.45) is 5.18 Å². The van der Waals surface area contributed by atoms with E-state index >= 15 is 0 Å². The summed E-state index contributed by atoms with van der Waals surface area (Å²) in [6.07, 6.45) is 2.10. The van der Waals surface area contributed by atoms with Crippen molar-refractivity contribution in [1.29, 1.82) is 0 Å². The number of anilines is 1. The molecule has 0 amide bonds. The van der Waals surface area contributed by atoms with Gasteiger partial charge in [-0.05, 0) is 28.9 Å². The van der Waals surface area contributed by atoms with Crippen LogP contribution in [0.3, 0.4) is 0 Å². The molecule has 0 aliphatic rings. The van der Waals surface area contributed by atoms with Crippen LogP contribution in [0, 0.1) is 28.2 Å². The highest BCUT2D eigenvalue weighted by Gasteiger charge is 2.24. The monoisotopic (exact) mass is 296 g/mol. The lowest BCUT2D eigenvalue weighted by atomic mass is 10.1. The average Bonchev–Trinajstić information content (AvgIpc) is 2.48. The Hall–Kier alpha value is -2.70. The smallest absolute Gasteiger partial charge is 0.191 e. The molecule has 2 aromatic carbocycles. The van der Waals surface area contributed by atoms with E-state index in [2.05, 4.69) is 0 Å². The van der Waals surface area contributed by atoms with E-state index in [4.69, 9.17) is 5.73 Å². The third kappa shape index (κ3) is 2.76. The Kier molecular flexibility index (Phi) is 4.02. The van der Waals surface area contributed by atoms with Gasteiger partial charge in [-0.15, -0.1) is 4.91 Å². The predicted octanol–water partition coefficient (Wildman–Crippen LogP) is 4.39. The zero-order valence-electron chi connectivity index (χ0n) is 10.4. The van der Waals surface area contributed by atoms with Crippen LogP contribution in [-0.4, -0.2) is 0 Å². The Morgan fingerprint density at radius 3 is 1.86 bits per heavy atom. The summed E-state index contributed by atoms with van der Waals surface area (Å²) in [7, 11) is 0. The van der Waals surface area contributed by atoms with Crippen LogP contribution in [0.1, 0.15) is 11.1 Å². The van der Waals surface area contributed by atoms with Gasteiger partial charge in [0.05, 0.1) is 5.56 Å². The van der Waals surface area contributed by atoms with Gasteiger partial charge in [-0.2, -0.15) is 0 Å². The van der Waals surface area contributed by atoms with Crippen molar-refractivity contribution < 1.29 is 17.6 Å². The number of nitrogens with zero attached hydrogens (tertiary/aromatic N) is 1. The molecular weight excluding hydrogens is 288 g/mol. The van der Waals surface area contributed by atoms with E-state index in [0.29, 0.717) is 11.3 Å². The summed E-state index contributed by atoms with van der Waals surface area (Å²) in [4.78, 5) is 10.2. The molecular formula is C14H8F4N2O. The van der Waals surface area contributed by atoms with Crippen LogP contribution in [0.4, 0.5) is 28.9 Å². The minimum absolute atomic E-state index is 0.489. The second-order valence-electron chi connectivity index (χ2n) is 4.11. The molecule has 108 valence electrons. The third-order valence-corrected chi connectivity index (χ3v) is 2.74. The Morgan fingerprint density at radius 1 is 0.857 bits per heavy atom. The number of nitroso groups, excluding NO2 is 1. The van der Waals surface area contributed by atoms with Gasteiger partial charge in [0.25, 0.3) is 0 Å². The van der Waals surface area contributed by atoms with Gasteiger partial charge in [0.1, 0.15) is 0 Å². The fourth-order valence-electron chi connectivity index (χ4n) is 1.65. The van der Waals surface area contributed by atoms with Gasteiger partial charge in [-0.1, -0.05) is 18.2 Å². The van der Waals surface area contributed by atoms with Gasteiger partial charge in [-0.3, -0.25) is 0 Å². The maximum absolute atomic E-state index is 13.6. The Bertz CT molecular complexity index is 698. The van der Waals surface area contributed by atoms with Gasteiger partial charge in [0, 0.05) is 5.69 Å². The Balaban J connectivity index is 2.50. The van der Waals surface area contributed by atoms with Crippen molar-refractivity contribution in [2.45, 2.75) is 0 Å². The first-order valence-corrected chi connectivity index (χ1v) is 5.68. The third-order valence-electron chi connectivity index (χ3n) is 2.74. The summed E-state index contributed by atoms with van der Waals surface area (Å²) in [6.45, 7) is 0. The molecule has 0 radical (unpaired) electrons. The summed E-state index contributed by atoms with van der Waals surface area (Å²) in [6, 6.07) is 6.20.